The molecule has 70 valence electrons. The fourth-order valence-corrected chi connectivity index (χ4v) is 0.968. The summed E-state index contributed by atoms with van der Waals surface area (Å²) in [6.07, 6.45) is -2.08. The van der Waals surface area contributed by atoms with Crippen LogP contribution >= 0.6 is 0 Å². The monoisotopic (exact) mass is 186 g/mol. The highest BCUT2D eigenvalue weighted by Crippen LogP contribution is 2.19. The van der Waals surface area contributed by atoms with Crippen LogP contribution in [0.3, 0.4) is 0 Å². The molecule has 13 heavy (non-hydrogen) atoms. The Bertz CT molecular complexity index is 336. The molecule has 0 aliphatic rings. The van der Waals surface area contributed by atoms with Crippen LogP contribution < -0.4 is 0 Å². The Kier molecular flexibility index (Phi) is 2.60. The van der Waals surface area contributed by atoms with Crippen LogP contribution in [0.25, 0.3) is 0 Å². The van der Waals surface area contributed by atoms with E-state index in [1.54, 1.807) is 0 Å². The molecule has 0 aromatic heterocycles. The van der Waals surface area contributed by atoms with Crippen molar-refractivity contribution in [2.75, 3.05) is 0 Å². The van der Waals surface area contributed by atoms with Crippen LogP contribution in [0.1, 0.15) is 17.3 Å². The normalized spacial score (nSPS) is 12.5. The second-order valence-electron chi connectivity index (χ2n) is 2.71. The number of benzene rings is 1. The van der Waals surface area contributed by atoms with Crippen molar-refractivity contribution in [1.82, 2.24) is 0 Å². The Morgan fingerprint density at radius 1 is 1.54 bits per heavy atom. The average molecular weight is 186 g/mol. The first-order valence-electron chi connectivity index (χ1n) is 3.65. The van der Waals surface area contributed by atoms with Crippen molar-refractivity contribution in [3.8, 4) is 0 Å². The molecule has 0 aliphatic carbocycles. The van der Waals surface area contributed by atoms with Crippen molar-refractivity contribution in [1.29, 1.82) is 0 Å². The van der Waals surface area contributed by atoms with Crippen molar-refractivity contribution in [3.63, 3.8) is 0 Å². The predicted octanol–water partition coefficient (Wildman–Crippen LogP) is 2.23. The molecule has 0 bridgehead atoms. The van der Waals surface area contributed by atoms with Crippen molar-refractivity contribution >= 4 is 5.97 Å². The largest absolute Gasteiger partial charge is 0.479 e. The van der Waals surface area contributed by atoms with Crippen LogP contribution in [0.15, 0.2) is 18.2 Å². The van der Waals surface area contributed by atoms with Crippen molar-refractivity contribution in [2.24, 2.45) is 0 Å². The zero-order valence-electron chi connectivity index (χ0n) is 6.92. The zero-order valence-corrected chi connectivity index (χ0v) is 6.92. The number of aryl methyl sites for hydroxylation is 1. The molecule has 1 unspecified atom stereocenters. The van der Waals surface area contributed by atoms with Crippen molar-refractivity contribution in [3.05, 3.63) is 35.1 Å². The van der Waals surface area contributed by atoms with Gasteiger partial charge in [0.1, 0.15) is 5.82 Å². The molecule has 0 amide bonds. The average Bonchev–Trinajstić information content (AvgIpc) is 2.08. The van der Waals surface area contributed by atoms with E-state index in [-0.39, 0.29) is 11.1 Å². The molecular formula is C9H8F2O2. The van der Waals surface area contributed by atoms with E-state index in [9.17, 15) is 13.6 Å². The Morgan fingerprint density at radius 2 is 2.15 bits per heavy atom. The van der Waals surface area contributed by atoms with E-state index in [1.807, 2.05) is 0 Å². The van der Waals surface area contributed by atoms with Crippen LogP contribution in [0, 0.1) is 12.7 Å². The summed E-state index contributed by atoms with van der Waals surface area (Å²) in [5.41, 5.74) is 0.202. The Morgan fingerprint density at radius 3 is 2.62 bits per heavy atom. The van der Waals surface area contributed by atoms with E-state index in [0.29, 0.717) is 0 Å². The third-order valence-corrected chi connectivity index (χ3v) is 1.69. The van der Waals surface area contributed by atoms with Gasteiger partial charge in [-0.2, -0.15) is 0 Å². The third-order valence-electron chi connectivity index (χ3n) is 1.69. The van der Waals surface area contributed by atoms with E-state index < -0.39 is 18.0 Å². The number of carboxylic acids is 1. The highest BCUT2D eigenvalue weighted by atomic mass is 19.1. The molecule has 4 heteroatoms. The number of hydrogen-bond donors (Lipinski definition) is 1. The molecule has 1 N–H and O–H groups in total. The molecule has 2 nitrogen and oxygen atoms in total. The minimum absolute atomic E-state index is 0.0357. The van der Waals surface area contributed by atoms with Crippen LogP contribution in [-0.4, -0.2) is 11.1 Å². The quantitative estimate of drug-likeness (QED) is 0.768. The Balaban J connectivity index is 3.03. The van der Waals surface area contributed by atoms with Crippen LogP contribution in [-0.2, 0) is 4.79 Å². The van der Waals surface area contributed by atoms with Gasteiger partial charge in [0, 0.05) is 0 Å². The molecule has 0 aliphatic heterocycles. The van der Waals surface area contributed by atoms with Gasteiger partial charge in [-0.05, 0) is 30.2 Å². The molecule has 0 spiro atoms. The molecule has 0 heterocycles. The topological polar surface area (TPSA) is 37.3 Å². The molecule has 0 radical (unpaired) electrons. The van der Waals surface area contributed by atoms with Gasteiger partial charge in [-0.3, -0.25) is 0 Å². The molecule has 1 rings (SSSR count). The third kappa shape index (κ3) is 2.02. The summed E-state index contributed by atoms with van der Waals surface area (Å²) in [6.45, 7) is 1.45. The molecule has 1 aromatic carbocycles. The number of rotatable bonds is 2. The van der Waals surface area contributed by atoms with E-state index >= 15 is 0 Å². The fourth-order valence-electron chi connectivity index (χ4n) is 0.968. The number of alkyl halides is 1. The highest BCUT2D eigenvalue weighted by Gasteiger charge is 2.18. The molecule has 1 atom stereocenters. The van der Waals surface area contributed by atoms with Gasteiger partial charge in [0.2, 0.25) is 6.17 Å². The van der Waals surface area contributed by atoms with Crippen LogP contribution in [0.2, 0.25) is 0 Å². The molecular weight excluding hydrogens is 178 g/mol. The van der Waals surface area contributed by atoms with Crippen molar-refractivity contribution in [2.45, 2.75) is 13.1 Å². The first-order valence-corrected chi connectivity index (χ1v) is 3.65. The van der Waals surface area contributed by atoms with Gasteiger partial charge in [0.25, 0.3) is 0 Å². The fraction of sp³-hybridized carbons (Fsp3) is 0.222. The van der Waals surface area contributed by atoms with E-state index in [2.05, 4.69) is 0 Å². The van der Waals surface area contributed by atoms with Gasteiger partial charge in [0.05, 0.1) is 0 Å². The van der Waals surface area contributed by atoms with E-state index in [0.717, 1.165) is 12.1 Å². The summed E-state index contributed by atoms with van der Waals surface area (Å²) < 4.78 is 25.5. The first-order chi connectivity index (χ1) is 6.02. The summed E-state index contributed by atoms with van der Waals surface area (Å²) in [7, 11) is 0. The summed E-state index contributed by atoms with van der Waals surface area (Å²) in [6, 6.07) is 3.37. The lowest BCUT2D eigenvalue weighted by Crippen LogP contribution is -2.06. The summed E-state index contributed by atoms with van der Waals surface area (Å²) in [5.74, 6) is -2.03. The maximum atomic E-state index is 12.8. The number of hydrogen-bond acceptors (Lipinski definition) is 1. The molecule has 0 fully saturated rings. The van der Waals surface area contributed by atoms with Gasteiger partial charge in [0.15, 0.2) is 0 Å². The second kappa shape index (κ2) is 3.51. The number of carboxylic acid groups (broad SMARTS) is 1. The van der Waals surface area contributed by atoms with Gasteiger partial charge < -0.3 is 5.11 Å². The molecule has 0 saturated heterocycles. The number of aliphatic carboxylic acids is 1. The van der Waals surface area contributed by atoms with Gasteiger partial charge in [-0.25, -0.2) is 13.6 Å². The Labute approximate surface area is 73.8 Å². The summed E-state index contributed by atoms with van der Waals surface area (Å²) >= 11 is 0. The highest BCUT2D eigenvalue weighted by molar-refractivity contribution is 5.74. The summed E-state index contributed by atoms with van der Waals surface area (Å²) in [4.78, 5) is 10.2. The molecule has 1 aromatic rings. The smallest absolute Gasteiger partial charge is 0.343 e. The lowest BCUT2D eigenvalue weighted by atomic mass is 10.1. The maximum Gasteiger partial charge on any atom is 0.343 e. The SMILES string of the molecule is Cc1cc(C(F)C(=O)O)ccc1F. The van der Waals surface area contributed by atoms with Gasteiger partial charge >= 0.3 is 5.97 Å². The maximum absolute atomic E-state index is 12.8. The van der Waals surface area contributed by atoms with E-state index in [1.165, 1.54) is 13.0 Å². The first kappa shape index (κ1) is 9.64. The van der Waals surface area contributed by atoms with Crippen molar-refractivity contribution < 1.29 is 18.7 Å². The van der Waals surface area contributed by atoms with Crippen LogP contribution in [0.5, 0.6) is 0 Å². The minimum atomic E-state index is -2.08. The number of carbonyl (C=O) groups is 1. The lowest BCUT2D eigenvalue weighted by Gasteiger charge is -2.04. The number of halogens is 2. The minimum Gasteiger partial charge on any atom is -0.479 e. The standard InChI is InChI=1S/C9H8F2O2/c1-5-4-6(2-3-7(5)10)8(11)9(12)13/h2-4,8H,1H3,(H,12,13). The predicted molar refractivity (Wildman–Crippen MR) is 42.6 cm³/mol. The van der Waals surface area contributed by atoms with E-state index in [4.69, 9.17) is 5.11 Å². The van der Waals surface area contributed by atoms with Gasteiger partial charge in [-0.15, -0.1) is 0 Å². The zero-order chi connectivity index (χ0) is 10.0. The lowest BCUT2D eigenvalue weighted by molar-refractivity contribution is -0.143. The van der Waals surface area contributed by atoms with Crippen LogP contribution in [0.4, 0.5) is 8.78 Å². The summed E-state index contributed by atoms with van der Waals surface area (Å²) in [5, 5.41) is 8.33. The second-order valence-corrected chi connectivity index (χ2v) is 2.71. The van der Waals surface area contributed by atoms with Gasteiger partial charge in [-0.1, -0.05) is 6.07 Å². The Hall–Kier alpha value is -1.45. The molecule has 0 saturated carbocycles.